The molecule has 108 valence electrons. The maximum absolute atomic E-state index is 12.2. The van der Waals surface area contributed by atoms with Crippen LogP contribution in [0.1, 0.15) is 33.6 Å². The van der Waals surface area contributed by atoms with E-state index < -0.39 is 10.0 Å². The molecule has 1 aliphatic rings. The van der Waals surface area contributed by atoms with Gasteiger partial charge in [0, 0.05) is 23.6 Å². The monoisotopic (exact) mass is 294 g/mol. The van der Waals surface area contributed by atoms with Gasteiger partial charge in [-0.15, -0.1) is 0 Å². The molecule has 18 heavy (non-hydrogen) atoms. The van der Waals surface area contributed by atoms with Crippen LogP contribution in [0.25, 0.3) is 0 Å². The Morgan fingerprint density at radius 1 is 1.22 bits per heavy atom. The largest absolute Gasteiger partial charge is 0.317 e. The first kappa shape index (κ1) is 16.3. The quantitative estimate of drug-likeness (QED) is 0.724. The van der Waals surface area contributed by atoms with Crippen molar-refractivity contribution in [2.45, 2.75) is 44.1 Å². The van der Waals surface area contributed by atoms with E-state index in [1.807, 2.05) is 11.8 Å². The number of thioether (sulfide) groups is 1. The number of unbranched alkanes of at least 4 members (excludes halogenated alkanes) is 1. The predicted octanol–water partition coefficient (Wildman–Crippen LogP) is 1.53. The molecule has 2 atom stereocenters. The average Bonchev–Trinajstić information content (AvgIpc) is 2.27. The second kappa shape index (κ2) is 7.72. The van der Waals surface area contributed by atoms with Gasteiger partial charge in [0.25, 0.3) is 0 Å². The fourth-order valence-corrected chi connectivity index (χ4v) is 5.44. The first-order chi connectivity index (χ1) is 8.45. The summed E-state index contributed by atoms with van der Waals surface area (Å²) in [5, 5.41) is 4.03. The van der Waals surface area contributed by atoms with Gasteiger partial charge >= 0.3 is 0 Å². The van der Waals surface area contributed by atoms with Gasteiger partial charge in [-0.1, -0.05) is 20.8 Å². The lowest BCUT2D eigenvalue weighted by Crippen LogP contribution is -2.44. The fraction of sp³-hybridized carbons (Fsp3) is 1.00. The highest BCUT2D eigenvalue weighted by Crippen LogP contribution is 2.26. The summed E-state index contributed by atoms with van der Waals surface area (Å²) in [5.41, 5.74) is 0. The molecule has 2 unspecified atom stereocenters. The van der Waals surface area contributed by atoms with Crippen LogP contribution in [0.2, 0.25) is 0 Å². The van der Waals surface area contributed by atoms with E-state index in [-0.39, 0.29) is 0 Å². The highest BCUT2D eigenvalue weighted by molar-refractivity contribution is 8.00. The lowest BCUT2D eigenvalue weighted by Gasteiger charge is -2.33. The molecule has 1 fully saturated rings. The average molecular weight is 294 g/mol. The highest BCUT2D eigenvalue weighted by Gasteiger charge is 2.30. The third-order valence-electron chi connectivity index (χ3n) is 3.04. The van der Waals surface area contributed by atoms with Crippen molar-refractivity contribution in [3.63, 3.8) is 0 Å². The molecule has 1 N–H and O–H groups in total. The summed E-state index contributed by atoms with van der Waals surface area (Å²) in [6, 6.07) is 0. The fourth-order valence-electron chi connectivity index (χ4n) is 2.20. The van der Waals surface area contributed by atoms with Crippen molar-refractivity contribution in [3.8, 4) is 0 Å². The molecular formula is C12H26N2O2S2. The predicted molar refractivity (Wildman–Crippen MR) is 79.7 cm³/mol. The third kappa shape index (κ3) is 5.47. The topological polar surface area (TPSA) is 49.4 Å². The van der Waals surface area contributed by atoms with Crippen LogP contribution in [0.4, 0.5) is 0 Å². The van der Waals surface area contributed by atoms with Crippen molar-refractivity contribution in [3.05, 3.63) is 0 Å². The van der Waals surface area contributed by atoms with Gasteiger partial charge in [0.1, 0.15) is 0 Å². The van der Waals surface area contributed by atoms with Crippen LogP contribution >= 0.6 is 11.8 Å². The zero-order chi connectivity index (χ0) is 13.6. The van der Waals surface area contributed by atoms with Gasteiger partial charge in [-0.2, -0.15) is 16.1 Å². The van der Waals surface area contributed by atoms with E-state index in [1.54, 1.807) is 4.31 Å². The minimum atomic E-state index is -3.04. The molecule has 4 nitrogen and oxygen atoms in total. The van der Waals surface area contributed by atoms with Crippen molar-refractivity contribution in [1.82, 2.24) is 9.62 Å². The molecule has 0 bridgehead atoms. The van der Waals surface area contributed by atoms with Crippen LogP contribution in [-0.2, 0) is 10.0 Å². The van der Waals surface area contributed by atoms with E-state index in [0.29, 0.717) is 29.3 Å². The standard InChI is InChI=1S/C12H26N2O2S2/c1-4-13-7-5-6-8-18(15,16)14-9-11(2)17-12(3)10-14/h11-13H,4-10H2,1-3H3. The second-order valence-corrected chi connectivity index (χ2v) is 8.92. The Hall–Kier alpha value is 0.220. The second-order valence-electron chi connectivity index (χ2n) is 4.95. The minimum Gasteiger partial charge on any atom is -0.317 e. The maximum atomic E-state index is 12.2. The summed E-state index contributed by atoms with van der Waals surface area (Å²) >= 11 is 1.88. The Balaban J connectivity index is 2.38. The Morgan fingerprint density at radius 2 is 1.83 bits per heavy atom. The molecule has 0 radical (unpaired) electrons. The van der Waals surface area contributed by atoms with E-state index in [4.69, 9.17) is 0 Å². The Bertz CT molecular complexity index is 323. The zero-order valence-electron chi connectivity index (χ0n) is 11.7. The molecule has 0 aromatic carbocycles. The van der Waals surface area contributed by atoms with Crippen LogP contribution < -0.4 is 5.32 Å². The molecule has 0 aliphatic carbocycles. The van der Waals surface area contributed by atoms with E-state index in [2.05, 4.69) is 26.1 Å². The molecule has 6 heteroatoms. The molecule has 0 aromatic heterocycles. The number of nitrogens with zero attached hydrogens (tertiary/aromatic N) is 1. The lowest BCUT2D eigenvalue weighted by molar-refractivity contribution is 0.403. The van der Waals surface area contributed by atoms with E-state index in [9.17, 15) is 8.42 Å². The molecule has 0 saturated carbocycles. The molecular weight excluding hydrogens is 268 g/mol. The lowest BCUT2D eigenvalue weighted by atomic mass is 10.3. The van der Waals surface area contributed by atoms with Crippen LogP contribution in [0.15, 0.2) is 0 Å². The van der Waals surface area contributed by atoms with Gasteiger partial charge in [0.15, 0.2) is 0 Å². The SMILES string of the molecule is CCNCCCCS(=O)(=O)N1CC(C)SC(C)C1. The summed E-state index contributed by atoms with van der Waals surface area (Å²) in [6.45, 7) is 9.47. The zero-order valence-corrected chi connectivity index (χ0v) is 13.3. The first-order valence-electron chi connectivity index (χ1n) is 6.79. The van der Waals surface area contributed by atoms with Gasteiger partial charge in [-0.3, -0.25) is 0 Å². The number of hydrogen-bond donors (Lipinski definition) is 1. The highest BCUT2D eigenvalue weighted by atomic mass is 32.2. The van der Waals surface area contributed by atoms with E-state index in [1.165, 1.54) is 0 Å². The third-order valence-corrected chi connectivity index (χ3v) is 6.15. The van der Waals surface area contributed by atoms with Crippen molar-refractivity contribution < 1.29 is 8.42 Å². The van der Waals surface area contributed by atoms with Gasteiger partial charge in [-0.05, 0) is 25.9 Å². The molecule has 1 rings (SSSR count). The molecule has 1 aliphatic heterocycles. The summed E-state index contributed by atoms with van der Waals surface area (Å²) in [4.78, 5) is 0. The Kier molecular flexibility index (Phi) is 6.98. The van der Waals surface area contributed by atoms with Crippen molar-refractivity contribution >= 4 is 21.8 Å². The van der Waals surface area contributed by atoms with Crippen molar-refractivity contribution in [2.24, 2.45) is 0 Å². The normalized spacial score (nSPS) is 26.4. The first-order valence-corrected chi connectivity index (χ1v) is 9.35. The number of rotatable bonds is 7. The Morgan fingerprint density at radius 3 is 2.39 bits per heavy atom. The van der Waals surface area contributed by atoms with Crippen LogP contribution in [0.5, 0.6) is 0 Å². The summed E-state index contributed by atoms with van der Waals surface area (Å²) in [5.74, 6) is 0.294. The molecule has 0 amide bonds. The molecule has 0 aromatic rings. The van der Waals surface area contributed by atoms with E-state index in [0.717, 1.165) is 25.9 Å². The van der Waals surface area contributed by atoms with Gasteiger partial charge in [0.2, 0.25) is 10.0 Å². The number of hydrogen-bond acceptors (Lipinski definition) is 4. The molecule has 1 heterocycles. The van der Waals surface area contributed by atoms with Crippen LogP contribution in [0.3, 0.4) is 0 Å². The number of sulfonamides is 1. The summed E-state index contributed by atoms with van der Waals surface area (Å²) < 4.78 is 26.1. The van der Waals surface area contributed by atoms with Crippen LogP contribution in [0, 0.1) is 0 Å². The minimum absolute atomic E-state index is 0.294. The molecule has 1 saturated heterocycles. The Labute approximate surface area is 116 Å². The van der Waals surface area contributed by atoms with Gasteiger partial charge in [0.05, 0.1) is 5.75 Å². The maximum Gasteiger partial charge on any atom is 0.214 e. The number of nitrogens with one attached hydrogen (secondary N) is 1. The van der Waals surface area contributed by atoms with Crippen molar-refractivity contribution in [1.29, 1.82) is 0 Å². The van der Waals surface area contributed by atoms with E-state index >= 15 is 0 Å². The summed E-state index contributed by atoms with van der Waals surface area (Å²) in [7, 11) is -3.04. The summed E-state index contributed by atoms with van der Waals surface area (Å²) in [6.07, 6.45) is 1.68. The molecule has 0 spiro atoms. The van der Waals surface area contributed by atoms with Crippen molar-refractivity contribution in [2.75, 3.05) is 31.9 Å². The smallest absolute Gasteiger partial charge is 0.214 e. The van der Waals surface area contributed by atoms with Gasteiger partial charge < -0.3 is 5.32 Å². The van der Waals surface area contributed by atoms with Gasteiger partial charge in [-0.25, -0.2) is 8.42 Å². The van der Waals surface area contributed by atoms with Crippen LogP contribution in [-0.4, -0.2) is 55.2 Å².